The Morgan fingerprint density at radius 1 is 1.58 bits per heavy atom. The summed E-state index contributed by atoms with van der Waals surface area (Å²) in [5.41, 5.74) is 6.45. The van der Waals surface area contributed by atoms with Crippen LogP contribution in [-0.4, -0.2) is 43.8 Å². The minimum Gasteiger partial charge on any atom is -0.380 e. The van der Waals surface area contributed by atoms with Crippen molar-refractivity contribution in [3.63, 3.8) is 0 Å². The van der Waals surface area contributed by atoms with Gasteiger partial charge in [0.1, 0.15) is 0 Å². The van der Waals surface area contributed by atoms with Crippen molar-refractivity contribution < 1.29 is 4.74 Å². The van der Waals surface area contributed by atoms with Crippen molar-refractivity contribution in [1.29, 1.82) is 0 Å². The van der Waals surface area contributed by atoms with Gasteiger partial charge in [-0.1, -0.05) is 6.92 Å². The van der Waals surface area contributed by atoms with Crippen LogP contribution < -0.4 is 5.73 Å². The Morgan fingerprint density at radius 2 is 2.33 bits per heavy atom. The maximum atomic E-state index is 6.04. The summed E-state index contributed by atoms with van der Waals surface area (Å²) in [6, 6.07) is 0.272. The minimum atomic E-state index is 0.272. The zero-order valence-electron chi connectivity index (χ0n) is 7.75. The second-order valence-corrected chi connectivity index (χ2v) is 4.10. The highest BCUT2D eigenvalue weighted by Gasteiger charge is 2.47. The largest absolute Gasteiger partial charge is 0.380 e. The molecule has 3 nitrogen and oxygen atoms in total. The number of hydrogen-bond acceptors (Lipinski definition) is 3. The van der Waals surface area contributed by atoms with Gasteiger partial charge in [0.25, 0.3) is 0 Å². The third-order valence-corrected chi connectivity index (χ3v) is 3.35. The smallest absolute Gasteiger partial charge is 0.0623 e. The molecule has 0 unspecified atom stereocenters. The fourth-order valence-corrected chi connectivity index (χ4v) is 2.31. The van der Waals surface area contributed by atoms with Crippen LogP contribution in [0.15, 0.2) is 0 Å². The van der Waals surface area contributed by atoms with E-state index in [1.807, 2.05) is 0 Å². The number of nitrogens with two attached hydrogens (primary N) is 1. The molecule has 70 valence electrons. The molecule has 3 heteroatoms. The molecule has 0 aromatic rings. The highest BCUT2D eigenvalue weighted by Crippen LogP contribution is 2.38. The average molecular weight is 170 g/mol. The van der Waals surface area contributed by atoms with E-state index in [2.05, 4.69) is 11.8 Å². The van der Waals surface area contributed by atoms with E-state index in [0.717, 1.165) is 26.2 Å². The summed E-state index contributed by atoms with van der Waals surface area (Å²) in [6.07, 6.45) is 1.16. The normalized spacial score (nSPS) is 35.0. The fourth-order valence-electron chi connectivity index (χ4n) is 2.31. The van der Waals surface area contributed by atoms with Crippen molar-refractivity contribution in [3.05, 3.63) is 0 Å². The molecular weight excluding hydrogens is 152 g/mol. The lowest BCUT2D eigenvalue weighted by atomic mass is 9.70. The number of likely N-dealkylation sites (tertiary alicyclic amines) is 1. The van der Waals surface area contributed by atoms with Crippen molar-refractivity contribution in [3.8, 4) is 0 Å². The second-order valence-electron chi connectivity index (χ2n) is 4.10. The van der Waals surface area contributed by atoms with Gasteiger partial charge in [-0.15, -0.1) is 0 Å². The lowest BCUT2D eigenvalue weighted by Gasteiger charge is -2.55. The summed E-state index contributed by atoms with van der Waals surface area (Å²) in [4.78, 5) is 2.45. The SMILES string of the molecule is CCN1CC2(CCOC[C@@H]2N)C1. The molecule has 2 fully saturated rings. The van der Waals surface area contributed by atoms with Crippen LogP contribution in [0.3, 0.4) is 0 Å². The van der Waals surface area contributed by atoms with Crippen molar-refractivity contribution in [2.75, 3.05) is 32.8 Å². The van der Waals surface area contributed by atoms with E-state index < -0.39 is 0 Å². The van der Waals surface area contributed by atoms with Crippen molar-refractivity contribution in [2.24, 2.45) is 11.1 Å². The molecule has 0 aliphatic carbocycles. The van der Waals surface area contributed by atoms with Gasteiger partial charge in [-0.2, -0.15) is 0 Å². The highest BCUT2D eigenvalue weighted by atomic mass is 16.5. The molecule has 0 amide bonds. The molecule has 0 radical (unpaired) electrons. The lowest BCUT2D eigenvalue weighted by Crippen LogP contribution is -2.66. The molecule has 2 aliphatic rings. The van der Waals surface area contributed by atoms with Gasteiger partial charge in [0.05, 0.1) is 6.61 Å². The van der Waals surface area contributed by atoms with E-state index in [9.17, 15) is 0 Å². The van der Waals surface area contributed by atoms with Gasteiger partial charge in [-0.25, -0.2) is 0 Å². The summed E-state index contributed by atoms with van der Waals surface area (Å²) >= 11 is 0. The zero-order chi connectivity index (χ0) is 8.60. The molecule has 1 atom stereocenters. The molecule has 0 aromatic carbocycles. The molecular formula is C9H18N2O. The van der Waals surface area contributed by atoms with Crippen LogP contribution in [0.5, 0.6) is 0 Å². The molecule has 2 heterocycles. The number of hydrogen-bond donors (Lipinski definition) is 1. The summed E-state index contributed by atoms with van der Waals surface area (Å²) in [5.74, 6) is 0. The Kier molecular flexibility index (Phi) is 2.10. The summed E-state index contributed by atoms with van der Waals surface area (Å²) < 4.78 is 5.34. The Bertz CT molecular complexity index is 166. The summed E-state index contributed by atoms with van der Waals surface area (Å²) in [5, 5.41) is 0. The van der Waals surface area contributed by atoms with Gasteiger partial charge in [-0.05, 0) is 13.0 Å². The average Bonchev–Trinajstić information content (AvgIpc) is 2.02. The third-order valence-electron chi connectivity index (χ3n) is 3.35. The van der Waals surface area contributed by atoms with Gasteiger partial charge in [0.2, 0.25) is 0 Å². The van der Waals surface area contributed by atoms with E-state index >= 15 is 0 Å². The Balaban J connectivity index is 1.94. The Morgan fingerprint density at radius 3 is 2.92 bits per heavy atom. The first-order valence-electron chi connectivity index (χ1n) is 4.82. The van der Waals surface area contributed by atoms with E-state index in [4.69, 9.17) is 10.5 Å². The van der Waals surface area contributed by atoms with Crippen molar-refractivity contribution >= 4 is 0 Å². The predicted molar refractivity (Wildman–Crippen MR) is 48.0 cm³/mol. The topological polar surface area (TPSA) is 38.5 Å². The van der Waals surface area contributed by atoms with Gasteiger partial charge in [0.15, 0.2) is 0 Å². The molecule has 2 aliphatic heterocycles. The van der Waals surface area contributed by atoms with Gasteiger partial charge < -0.3 is 15.4 Å². The van der Waals surface area contributed by atoms with Crippen LogP contribution in [0.1, 0.15) is 13.3 Å². The maximum Gasteiger partial charge on any atom is 0.0623 e. The fraction of sp³-hybridized carbons (Fsp3) is 1.00. The number of rotatable bonds is 1. The number of nitrogens with zero attached hydrogens (tertiary/aromatic N) is 1. The molecule has 2 N–H and O–H groups in total. The molecule has 0 bridgehead atoms. The molecule has 1 spiro atoms. The lowest BCUT2D eigenvalue weighted by molar-refractivity contribution is -0.0936. The van der Waals surface area contributed by atoms with Crippen LogP contribution in [0.25, 0.3) is 0 Å². The van der Waals surface area contributed by atoms with E-state index in [1.165, 1.54) is 13.1 Å². The predicted octanol–water partition coefficient (Wildman–Crippen LogP) is 0.0559. The van der Waals surface area contributed by atoms with Crippen LogP contribution in [0, 0.1) is 5.41 Å². The van der Waals surface area contributed by atoms with Gasteiger partial charge in [0, 0.05) is 31.2 Å². The molecule has 2 saturated heterocycles. The number of ether oxygens (including phenoxy) is 1. The second kappa shape index (κ2) is 2.98. The summed E-state index contributed by atoms with van der Waals surface area (Å²) in [6.45, 7) is 7.41. The van der Waals surface area contributed by atoms with E-state index in [0.29, 0.717) is 5.41 Å². The molecule has 0 aromatic heterocycles. The first-order valence-corrected chi connectivity index (χ1v) is 4.82. The maximum absolute atomic E-state index is 6.04. The van der Waals surface area contributed by atoms with Crippen LogP contribution in [0.2, 0.25) is 0 Å². The highest BCUT2D eigenvalue weighted by molar-refractivity contribution is 5.02. The first kappa shape index (κ1) is 8.48. The molecule has 2 rings (SSSR count). The van der Waals surface area contributed by atoms with Crippen LogP contribution in [0.4, 0.5) is 0 Å². The monoisotopic (exact) mass is 170 g/mol. The molecule has 0 saturated carbocycles. The Labute approximate surface area is 73.9 Å². The first-order chi connectivity index (χ1) is 5.77. The quantitative estimate of drug-likeness (QED) is 0.604. The minimum absolute atomic E-state index is 0.272. The van der Waals surface area contributed by atoms with Crippen molar-refractivity contribution in [2.45, 2.75) is 19.4 Å². The van der Waals surface area contributed by atoms with Crippen LogP contribution >= 0.6 is 0 Å². The molecule has 12 heavy (non-hydrogen) atoms. The van der Waals surface area contributed by atoms with Gasteiger partial charge in [-0.3, -0.25) is 0 Å². The standard InChI is InChI=1S/C9H18N2O/c1-2-11-6-9(7-11)3-4-12-5-8(9)10/h8H,2-7,10H2,1H3/t8-/m0/s1. The third kappa shape index (κ3) is 1.16. The van der Waals surface area contributed by atoms with Gasteiger partial charge >= 0.3 is 0 Å². The van der Waals surface area contributed by atoms with Crippen molar-refractivity contribution in [1.82, 2.24) is 4.90 Å². The zero-order valence-corrected chi connectivity index (χ0v) is 7.75. The van der Waals surface area contributed by atoms with Crippen LogP contribution in [-0.2, 0) is 4.74 Å². The van der Waals surface area contributed by atoms with E-state index in [1.54, 1.807) is 0 Å². The van der Waals surface area contributed by atoms with E-state index in [-0.39, 0.29) is 6.04 Å². The summed E-state index contributed by atoms with van der Waals surface area (Å²) in [7, 11) is 0. The Hall–Kier alpha value is -0.120.